The third kappa shape index (κ3) is 2.71. The quantitative estimate of drug-likeness (QED) is 0.851. The van der Waals surface area contributed by atoms with Gasteiger partial charge in [0.2, 0.25) is 0 Å². The van der Waals surface area contributed by atoms with Gasteiger partial charge in [-0.05, 0) is 35.4 Å². The van der Waals surface area contributed by atoms with Crippen molar-refractivity contribution >= 4 is 0 Å². The Hall–Kier alpha value is -1.60. The normalized spacial score (nSPS) is 21.9. The zero-order valence-corrected chi connectivity index (χ0v) is 11.5. The first-order valence-corrected chi connectivity index (χ1v) is 7.21. The first kappa shape index (κ1) is 12.4. The molecular weight excluding hydrogens is 230 g/mol. The van der Waals surface area contributed by atoms with Gasteiger partial charge in [0.1, 0.15) is 0 Å². The zero-order valence-electron chi connectivity index (χ0n) is 11.5. The maximum atomic E-state index is 3.71. The van der Waals surface area contributed by atoms with E-state index in [2.05, 4.69) is 66.8 Å². The van der Waals surface area contributed by atoms with Gasteiger partial charge in [0.15, 0.2) is 0 Å². The maximum Gasteiger partial charge on any atom is 0.0326 e. The summed E-state index contributed by atoms with van der Waals surface area (Å²) in [6, 6.07) is 20.1. The molecule has 0 radical (unpaired) electrons. The lowest BCUT2D eigenvalue weighted by molar-refractivity contribution is 0.431. The van der Waals surface area contributed by atoms with Gasteiger partial charge in [-0.15, -0.1) is 0 Å². The highest BCUT2D eigenvalue weighted by molar-refractivity contribution is 5.35. The standard InChI is InChI=1S/C18H21N/c1-14-11-12-18(17-10-6-5-9-16(14)17)19-13-15-7-3-2-4-8-15/h2-10,14,18-19H,11-13H2,1H3. The molecule has 0 spiro atoms. The Morgan fingerprint density at radius 3 is 2.37 bits per heavy atom. The van der Waals surface area contributed by atoms with Crippen LogP contribution in [0.5, 0.6) is 0 Å². The van der Waals surface area contributed by atoms with E-state index in [-0.39, 0.29) is 0 Å². The molecular formula is C18H21N. The molecule has 0 aliphatic heterocycles. The van der Waals surface area contributed by atoms with Crippen LogP contribution in [-0.2, 0) is 6.54 Å². The fourth-order valence-corrected chi connectivity index (χ4v) is 3.05. The summed E-state index contributed by atoms with van der Waals surface area (Å²) in [6.07, 6.45) is 2.52. The number of hydrogen-bond acceptors (Lipinski definition) is 1. The van der Waals surface area contributed by atoms with Gasteiger partial charge in [-0.25, -0.2) is 0 Å². The molecule has 2 aromatic carbocycles. The van der Waals surface area contributed by atoms with Gasteiger partial charge in [0.25, 0.3) is 0 Å². The van der Waals surface area contributed by atoms with Gasteiger partial charge in [-0.1, -0.05) is 61.5 Å². The molecule has 0 saturated heterocycles. The van der Waals surface area contributed by atoms with E-state index in [0.29, 0.717) is 12.0 Å². The van der Waals surface area contributed by atoms with E-state index in [9.17, 15) is 0 Å². The third-order valence-corrected chi connectivity index (χ3v) is 4.19. The van der Waals surface area contributed by atoms with Crippen molar-refractivity contribution in [3.8, 4) is 0 Å². The molecule has 1 aliphatic carbocycles. The lowest BCUT2D eigenvalue weighted by Gasteiger charge is -2.30. The SMILES string of the molecule is CC1CCC(NCc2ccccc2)c2ccccc21. The third-order valence-electron chi connectivity index (χ3n) is 4.19. The minimum Gasteiger partial charge on any atom is -0.306 e. The molecule has 98 valence electrons. The van der Waals surface area contributed by atoms with Crippen LogP contribution in [0.4, 0.5) is 0 Å². The number of fused-ring (bicyclic) bond motifs is 1. The summed E-state index contributed by atoms with van der Waals surface area (Å²) < 4.78 is 0. The van der Waals surface area contributed by atoms with E-state index in [1.54, 1.807) is 0 Å². The van der Waals surface area contributed by atoms with Gasteiger partial charge in [-0.3, -0.25) is 0 Å². The number of benzene rings is 2. The number of hydrogen-bond donors (Lipinski definition) is 1. The van der Waals surface area contributed by atoms with Crippen molar-refractivity contribution < 1.29 is 0 Å². The molecule has 3 rings (SSSR count). The molecule has 1 heteroatoms. The minimum atomic E-state index is 0.507. The molecule has 0 aromatic heterocycles. The average Bonchev–Trinajstić information content (AvgIpc) is 2.48. The summed E-state index contributed by atoms with van der Waals surface area (Å²) in [5.41, 5.74) is 4.38. The van der Waals surface area contributed by atoms with Crippen LogP contribution in [0.2, 0.25) is 0 Å². The fraction of sp³-hybridized carbons (Fsp3) is 0.333. The van der Waals surface area contributed by atoms with Crippen LogP contribution in [0.1, 0.15) is 48.4 Å². The van der Waals surface area contributed by atoms with Crippen LogP contribution in [0.25, 0.3) is 0 Å². The van der Waals surface area contributed by atoms with Crippen molar-refractivity contribution in [1.29, 1.82) is 0 Å². The van der Waals surface area contributed by atoms with Crippen molar-refractivity contribution in [1.82, 2.24) is 5.32 Å². The topological polar surface area (TPSA) is 12.0 Å². The van der Waals surface area contributed by atoms with E-state index in [4.69, 9.17) is 0 Å². The monoisotopic (exact) mass is 251 g/mol. The minimum absolute atomic E-state index is 0.507. The summed E-state index contributed by atoms with van der Waals surface area (Å²) in [4.78, 5) is 0. The molecule has 0 fully saturated rings. The fourth-order valence-electron chi connectivity index (χ4n) is 3.05. The van der Waals surface area contributed by atoms with Gasteiger partial charge < -0.3 is 5.32 Å². The van der Waals surface area contributed by atoms with Gasteiger partial charge in [0.05, 0.1) is 0 Å². The summed E-state index contributed by atoms with van der Waals surface area (Å²) in [5, 5.41) is 3.71. The van der Waals surface area contributed by atoms with E-state index in [1.807, 2.05) is 0 Å². The average molecular weight is 251 g/mol. The van der Waals surface area contributed by atoms with Crippen LogP contribution >= 0.6 is 0 Å². The summed E-state index contributed by atoms with van der Waals surface area (Å²) in [7, 11) is 0. The van der Waals surface area contributed by atoms with E-state index >= 15 is 0 Å². The van der Waals surface area contributed by atoms with E-state index in [0.717, 1.165) is 6.54 Å². The van der Waals surface area contributed by atoms with Crippen molar-refractivity contribution in [2.75, 3.05) is 0 Å². The van der Waals surface area contributed by atoms with Crippen LogP contribution in [-0.4, -0.2) is 0 Å². The largest absolute Gasteiger partial charge is 0.306 e. The molecule has 0 bridgehead atoms. The summed E-state index contributed by atoms with van der Waals surface area (Å²) >= 11 is 0. The first-order valence-electron chi connectivity index (χ1n) is 7.21. The Balaban J connectivity index is 1.74. The predicted molar refractivity (Wildman–Crippen MR) is 80.1 cm³/mol. The lowest BCUT2D eigenvalue weighted by atomic mass is 9.81. The van der Waals surface area contributed by atoms with Crippen LogP contribution < -0.4 is 5.32 Å². The molecule has 2 aromatic rings. The van der Waals surface area contributed by atoms with E-state index in [1.165, 1.54) is 29.5 Å². The highest BCUT2D eigenvalue weighted by Crippen LogP contribution is 2.36. The Morgan fingerprint density at radius 1 is 0.895 bits per heavy atom. The van der Waals surface area contributed by atoms with E-state index < -0.39 is 0 Å². The Labute approximate surface area is 115 Å². The van der Waals surface area contributed by atoms with Crippen molar-refractivity contribution in [3.05, 3.63) is 71.3 Å². The molecule has 0 heterocycles. The molecule has 1 nitrogen and oxygen atoms in total. The molecule has 0 saturated carbocycles. The smallest absolute Gasteiger partial charge is 0.0326 e. The van der Waals surface area contributed by atoms with Crippen LogP contribution in [0.15, 0.2) is 54.6 Å². The molecule has 19 heavy (non-hydrogen) atoms. The molecule has 1 aliphatic rings. The summed E-state index contributed by atoms with van der Waals surface area (Å²) in [6.45, 7) is 3.29. The maximum absolute atomic E-state index is 3.71. The van der Waals surface area contributed by atoms with Gasteiger partial charge >= 0.3 is 0 Å². The molecule has 1 N–H and O–H groups in total. The highest BCUT2D eigenvalue weighted by Gasteiger charge is 2.23. The van der Waals surface area contributed by atoms with Crippen molar-refractivity contribution in [3.63, 3.8) is 0 Å². The second kappa shape index (κ2) is 5.58. The number of nitrogens with one attached hydrogen (secondary N) is 1. The molecule has 2 unspecified atom stereocenters. The second-order valence-electron chi connectivity index (χ2n) is 5.53. The lowest BCUT2D eigenvalue weighted by Crippen LogP contribution is -2.25. The number of rotatable bonds is 3. The Kier molecular flexibility index (Phi) is 3.65. The van der Waals surface area contributed by atoms with Gasteiger partial charge in [-0.2, -0.15) is 0 Å². The van der Waals surface area contributed by atoms with Crippen molar-refractivity contribution in [2.24, 2.45) is 0 Å². The molecule has 2 atom stereocenters. The first-order chi connectivity index (χ1) is 9.34. The Bertz CT molecular complexity index is 532. The predicted octanol–water partition coefficient (Wildman–Crippen LogP) is 4.41. The second-order valence-corrected chi connectivity index (χ2v) is 5.53. The van der Waals surface area contributed by atoms with Crippen LogP contribution in [0, 0.1) is 0 Å². The zero-order chi connectivity index (χ0) is 13.1. The van der Waals surface area contributed by atoms with Crippen LogP contribution in [0.3, 0.4) is 0 Å². The summed E-state index contributed by atoms with van der Waals surface area (Å²) in [5.74, 6) is 0.700. The molecule has 0 amide bonds. The highest BCUT2D eigenvalue weighted by atomic mass is 14.9. The Morgan fingerprint density at radius 2 is 1.58 bits per heavy atom. The van der Waals surface area contributed by atoms with Crippen molar-refractivity contribution in [2.45, 2.75) is 38.3 Å². The van der Waals surface area contributed by atoms with Gasteiger partial charge in [0, 0.05) is 12.6 Å².